The molecule has 2 rings (SSSR count). The van der Waals surface area contributed by atoms with Gasteiger partial charge in [-0.3, -0.25) is 4.90 Å². The standard InChI is InChI=1S/C17H35N3O/c1-17(2,3)15(18)16(21)20-11-7-10-14(20)12-19-13-8-5-4-6-9-13/h13-16,19,21H,4-12,18H2,1-3H3/t14-,15+,16?/m0/s1. The largest absolute Gasteiger partial charge is 0.377 e. The Morgan fingerprint density at radius 3 is 2.43 bits per heavy atom. The molecule has 1 heterocycles. The van der Waals surface area contributed by atoms with Crippen molar-refractivity contribution in [3.8, 4) is 0 Å². The highest BCUT2D eigenvalue weighted by Gasteiger charge is 2.37. The van der Waals surface area contributed by atoms with Gasteiger partial charge in [-0.15, -0.1) is 0 Å². The Hall–Kier alpha value is -0.160. The molecule has 124 valence electrons. The summed E-state index contributed by atoms with van der Waals surface area (Å²) in [5.74, 6) is 0. The molecule has 4 nitrogen and oxygen atoms in total. The molecule has 0 aromatic heterocycles. The van der Waals surface area contributed by atoms with Crippen molar-refractivity contribution >= 4 is 0 Å². The van der Waals surface area contributed by atoms with E-state index in [9.17, 15) is 5.11 Å². The van der Waals surface area contributed by atoms with Gasteiger partial charge in [-0.05, 0) is 31.1 Å². The minimum atomic E-state index is -0.523. The number of likely N-dealkylation sites (tertiary alicyclic amines) is 1. The molecule has 1 aliphatic carbocycles. The van der Waals surface area contributed by atoms with E-state index in [1.165, 1.54) is 44.9 Å². The molecule has 0 aromatic carbocycles. The van der Waals surface area contributed by atoms with Crippen LogP contribution < -0.4 is 11.1 Å². The zero-order chi connectivity index (χ0) is 15.5. The first-order valence-corrected chi connectivity index (χ1v) is 8.82. The highest BCUT2D eigenvalue weighted by Crippen LogP contribution is 2.27. The van der Waals surface area contributed by atoms with Crippen molar-refractivity contribution in [1.29, 1.82) is 0 Å². The lowest BCUT2D eigenvalue weighted by molar-refractivity contribution is -0.0473. The molecule has 0 bridgehead atoms. The van der Waals surface area contributed by atoms with Crippen LogP contribution in [0.4, 0.5) is 0 Å². The molecule has 0 radical (unpaired) electrons. The maximum absolute atomic E-state index is 10.6. The minimum Gasteiger partial charge on any atom is -0.377 e. The molecule has 21 heavy (non-hydrogen) atoms. The second kappa shape index (κ2) is 7.40. The molecule has 2 fully saturated rings. The Kier molecular flexibility index (Phi) is 6.06. The number of aliphatic hydroxyl groups excluding tert-OH is 1. The highest BCUT2D eigenvalue weighted by atomic mass is 16.3. The number of nitrogens with two attached hydrogens (primary N) is 1. The zero-order valence-electron chi connectivity index (χ0n) is 14.1. The Morgan fingerprint density at radius 2 is 1.81 bits per heavy atom. The SMILES string of the molecule is CC(C)(C)[C@H](N)C(O)N1CCC[C@H]1CNC1CCCCC1. The third-order valence-corrected chi connectivity index (χ3v) is 5.33. The predicted octanol–water partition coefficient (Wildman–Crippen LogP) is 2.06. The number of nitrogens with one attached hydrogen (secondary N) is 1. The molecule has 3 atom stereocenters. The summed E-state index contributed by atoms with van der Waals surface area (Å²) in [4.78, 5) is 2.23. The summed E-state index contributed by atoms with van der Waals surface area (Å²) in [7, 11) is 0. The van der Waals surface area contributed by atoms with Crippen LogP contribution in [0.15, 0.2) is 0 Å². The molecule has 4 N–H and O–H groups in total. The van der Waals surface area contributed by atoms with Crippen molar-refractivity contribution in [3.05, 3.63) is 0 Å². The van der Waals surface area contributed by atoms with Crippen LogP contribution in [0.25, 0.3) is 0 Å². The summed E-state index contributed by atoms with van der Waals surface area (Å²) in [5.41, 5.74) is 6.20. The summed E-state index contributed by atoms with van der Waals surface area (Å²) in [6.45, 7) is 8.28. The number of rotatable bonds is 5. The summed E-state index contributed by atoms with van der Waals surface area (Å²) in [6.07, 6.45) is 8.58. The van der Waals surface area contributed by atoms with Crippen molar-refractivity contribution in [2.24, 2.45) is 11.1 Å². The van der Waals surface area contributed by atoms with Crippen LogP contribution in [0, 0.1) is 5.41 Å². The van der Waals surface area contributed by atoms with Gasteiger partial charge in [0.05, 0.1) is 0 Å². The maximum Gasteiger partial charge on any atom is 0.123 e. The van der Waals surface area contributed by atoms with E-state index < -0.39 is 6.23 Å². The van der Waals surface area contributed by atoms with E-state index in [4.69, 9.17) is 5.73 Å². The van der Waals surface area contributed by atoms with E-state index in [0.29, 0.717) is 12.1 Å². The van der Waals surface area contributed by atoms with Crippen molar-refractivity contribution < 1.29 is 5.11 Å². The fourth-order valence-corrected chi connectivity index (χ4v) is 3.69. The van der Waals surface area contributed by atoms with Gasteiger partial charge in [0.2, 0.25) is 0 Å². The Labute approximate surface area is 130 Å². The van der Waals surface area contributed by atoms with Crippen molar-refractivity contribution in [2.75, 3.05) is 13.1 Å². The average molecular weight is 297 g/mol. The second-order valence-corrected chi connectivity index (χ2v) is 8.08. The van der Waals surface area contributed by atoms with Crippen molar-refractivity contribution in [3.63, 3.8) is 0 Å². The van der Waals surface area contributed by atoms with E-state index in [0.717, 1.165) is 13.1 Å². The lowest BCUT2D eigenvalue weighted by atomic mass is 9.86. The predicted molar refractivity (Wildman–Crippen MR) is 88.0 cm³/mol. The lowest BCUT2D eigenvalue weighted by Crippen LogP contribution is -2.56. The van der Waals surface area contributed by atoms with Gasteiger partial charge >= 0.3 is 0 Å². The molecule has 0 spiro atoms. The molecule has 1 aliphatic heterocycles. The zero-order valence-corrected chi connectivity index (χ0v) is 14.1. The van der Waals surface area contributed by atoms with E-state index in [2.05, 4.69) is 31.0 Å². The quantitative estimate of drug-likeness (QED) is 0.727. The number of aliphatic hydroxyl groups is 1. The van der Waals surface area contributed by atoms with Crippen LogP contribution in [0.5, 0.6) is 0 Å². The highest BCUT2D eigenvalue weighted by molar-refractivity contribution is 4.91. The fraction of sp³-hybridized carbons (Fsp3) is 1.00. The summed E-state index contributed by atoms with van der Waals surface area (Å²) < 4.78 is 0. The van der Waals surface area contributed by atoms with Gasteiger partial charge in [0, 0.05) is 31.2 Å². The number of nitrogens with zero attached hydrogens (tertiary/aromatic N) is 1. The molecule has 0 aromatic rings. The van der Waals surface area contributed by atoms with Gasteiger partial charge in [0.15, 0.2) is 0 Å². The average Bonchev–Trinajstić information content (AvgIpc) is 2.92. The third-order valence-electron chi connectivity index (χ3n) is 5.33. The molecular weight excluding hydrogens is 262 g/mol. The molecule has 1 unspecified atom stereocenters. The Morgan fingerprint density at radius 1 is 1.14 bits per heavy atom. The van der Waals surface area contributed by atoms with E-state index in [1.807, 2.05) is 0 Å². The van der Waals surface area contributed by atoms with Crippen LogP contribution in [0.1, 0.15) is 65.7 Å². The van der Waals surface area contributed by atoms with E-state index >= 15 is 0 Å². The minimum absolute atomic E-state index is 0.0661. The topological polar surface area (TPSA) is 61.5 Å². The van der Waals surface area contributed by atoms with Gasteiger partial charge in [0.25, 0.3) is 0 Å². The Bertz CT molecular complexity index is 310. The molecule has 1 saturated heterocycles. The van der Waals surface area contributed by atoms with E-state index in [1.54, 1.807) is 0 Å². The monoisotopic (exact) mass is 297 g/mol. The van der Waals surface area contributed by atoms with Gasteiger partial charge in [-0.2, -0.15) is 0 Å². The lowest BCUT2D eigenvalue weighted by Gasteiger charge is -2.39. The summed E-state index contributed by atoms with van der Waals surface area (Å²) in [5, 5.41) is 14.4. The summed E-state index contributed by atoms with van der Waals surface area (Å²) in [6, 6.07) is 0.928. The summed E-state index contributed by atoms with van der Waals surface area (Å²) >= 11 is 0. The van der Waals surface area contributed by atoms with Crippen LogP contribution in [-0.2, 0) is 0 Å². The van der Waals surface area contributed by atoms with Crippen LogP contribution in [0.2, 0.25) is 0 Å². The Balaban J connectivity index is 1.84. The smallest absolute Gasteiger partial charge is 0.123 e. The maximum atomic E-state index is 10.6. The first-order valence-electron chi connectivity index (χ1n) is 8.82. The van der Waals surface area contributed by atoms with Gasteiger partial charge in [0.1, 0.15) is 6.23 Å². The number of hydrogen-bond acceptors (Lipinski definition) is 4. The van der Waals surface area contributed by atoms with Crippen LogP contribution >= 0.6 is 0 Å². The molecular formula is C17H35N3O. The molecule has 1 saturated carbocycles. The van der Waals surface area contributed by atoms with Gasteiger partial charge < -0.3 is 16.2 Å². The fourth-order valence-electron chi connectivity index (χ4n) is 3.69. The third kappa shape index (κ3) is 4.65. The first-order chi connectivity index (χ1) is 9.89. The first kappa shape index (κ1) is 17.2. The van der Waals surface area contributed by atoms with E-state index in [-0.39, 0.29) is 11.5 Å². The molecule has 2 aliphatic rings. The second-order valence-electron chi connectivity index (χ2n) is 8.08. The molecule has 0 amide bonds. The number of hydrogen-bond donors (Lipinski definition) is 3. The van der Waals surface area contributed by atoms with Crippen molar-refractivity contribution in [2.45, 2.75) is 90.1 Å². The van der Waals surface area contributed by atoms with Gasteiger partial charge in [-0.1, -0.05) is 40.0 Å². The molecule has 4 heteroatoms. The van der Waals surface area contributed by atoms with Gasteiger partial charge in [-0.25, -0.2) is 0 Å². The van der Waals surface area contributed by atoms with Crippen LogP contribution in [-0.4, -0.2) is 47.4 Å². The van der Waals surface area contributed by atoms with Crippen LogP contribution in [0.3, 0.4) is 0 Å². The normalized spacial score (nSPS) is 28.7. The van der Waals surface area contributed by atoms with Crippen molar-refractivity contribution in [1.82, 2.24) is 10.2 Å².